The van der Waals surface area contributed by atoms with Crippen LogP contribution in [0.1, 0.15) is 40.5 Å². The average molecular weight is 469 g/mol. The van der Waals surface area contributed by atoms with Crippen LogP contribution in [0.5, 0.6) is 11.6 Å². The number of methoxy groups -OCH3 is 2. The molecule has 1 aliphatic heterocycles. The minimum atomic E-state index is -0.645. The predicted molar refractivity (Wildman–Crippen MR) is 118 cm³/mol. The molecule has 2 atom stereocenters. The number of benzene rings is 1. The normalized spacial score (nSPS) is 17.8. The van der Waals surface area contributed by atoms with Gasteiger partial charge in [0.1, 0.15) is 17.5 Å². The third-order valence-corrected chi connectivity index (χ3v) is 5.70. The van der Waals surface area contributed by atoms with Gasteiger partial charge in [-0.25, -0.2) is 14.2 Å². The van der Waals surface area contributed by atoms with E-state index >= 15 is 0 Å². The Hall–Kier alpha value is -4.02. The van der Waals surface area contributed by atoms with Gasteiger partial charge in [0.2, 0.25) is 5.88 Å². The fraction of sp³-hybridized carbons (Fsp3) is 0.348. The van der Waals surface area contributed by atoms with Crippen LogP contribution in [0.3, 0.4) is 0 Å². The summed E-state index contributed by atoms with van der Waals surface area (Å²) in [5.41, 5.74) is 0.190. The van der Waals surface area contributed by atoms with Gasteiger partial charge >= 0.3 is 5.97 Å². The zero-order chi connectivity index (χ0) is 24.2. The van der Waals surface area contributed by atoms with E-state index in [1.165, 1.54) is 51.0 Å². The zero-order valence-corrected chi connectivity index (χ0v) is 19.0. The number of pyridine rings is 1. The number of nitrogens with zero attached hydrogens (tertiary/aromatic N) is 5. The van der Waals surface area contributed by atoms with Crippen molar-refractivity contribution in [3.8, 4) is 17.3 Å². The molecule has 1 aliphatic rings. The van der Waals surface area contributed by atoms with Gasteiger partial charge in [0, 0.05) is 12.2 Å². The van der Waals surface area contributed by atoms with E-state index < -0.39 is 17.9 Å². The number of hydrogen-bond donors (Lipinski definition) is 0. The molecular formula is C23H24FN5O5. The van der Waals surface area contributed by atoms with Gasteiger partial charge in [-0.3, -0.25) is 4.79 Å². The van der Waals surface area contributed by atoms with Crippen molar-refractivity contribution in [2.24, 2.45) is 0 Å². The van der Waals surface area contributed by atoms with E-state index in [1.54, 1.807) is 11.0 Å². The minimum absolute atomic E-state index is 0.0184. The van der Waals surface area contributed by atoms with Crippen LogP contribution in [0.2, 0.25) is 0 Å². The SMILES string of the molecule is COC(=O)c1c(OC)ccnc1OC1CCC(C)N(C(=O)c2cccc(F)c2-n2nccn2)C1. The summed E-state index contributed by atoms with van der Waals surface area (Å²) >= 11 is 0. The van der Waals surface area contributed by atoms with Gasteiger partial charge in [0.25, 0.3) is 5.91 Å². The number of hydrogen-bond acceptors (Lipinski definition) is 8. The van der Waals surface area contributed by atoms with Crippen molar-refractivity contribution in [3.63, 3.8) is 0 Å². The molecule has 4 rings (SSSR count). The number of rotatable bonds is 6. The van der Waals surface area contributed by atoms with Crippen LogP contribution in [0.15, 0.2) is 42.9 Å². The summed E-state index contributed by atoms with van der Waals surface area (Å²) < 4.78 is 30.8. The summed E-state index contributed by atoms with van der Waals surface area (Å²) in [6, 6.07) is 5.69. The van der Waals surface area contributed by atoms with Crippen molar-refractivity contribution in [2.75, 3.05) is 20.8 Å². The Morgan fingerprint density at radius 3 is 2.56 bits per heavy atom. The van der Waals surface area contributed by atoms with Crippen molar-refractivity contribution in [1.82, 2.24) is 24.9 Å². The number of para-hydroxylation sites is 1. The van der Waals surface area contributed by atoms with E-state index in [9.17, 15) is 14.0 Å². The predicted octanol–water partition coefficient (Wildman–Crippen LogP) is 2.67. The molecule has 11 heteroatoms. The highest BCUT2D eigenvalue weighted by Crippen LogP contribution is 2.30. The fourth-order valence-corrected chi connectivity index (χ4v) is 3.96. The summed E-state index contributed by atoms with van der Waals surface area (Å²) in [7, 11) is 2.69. The van der Waals surface area contributed by atoms with Crippen molar-refractivity contribution in [3.05, 3.63) is 59.8 Å². The highest BCUT2D eigenvalue weighted by Gasteiger charge is 2.34. The van der Waals surface area contributed by atoms with Crippen LogP contribution in [0.4, 0.5) is 4.39 Å². The molecular weight excluding hydrogens is 445 g/mol. The van der Waals surface area contributed by atoms with Gasteiger partial charge in [0.15, 0.2) is 11.4 Å². The zero-order valence-electron chi connectivity index (χ0n) is 19.0. The molecule has 34 heavy (non-hydrogen) atoms. The summed E-state index contributed by atoms with van der Waals surface area (Å²) in [5.74, 6) is -1.30. The Morgan fingerprint density at radius 1 is 1.09 bits per heavy atom. The Kier molecular flexibility index (Phi) is 6.71. The standard InChI is InChI=1S/C23H24FN5O5/c1-14-7-8-15(34-21-19(23(31)33-3)18(32-2)9-10-25-21)13-28(14)22(30)16-5-4-6-17(24)20(16)29-26-11-12-27-29/h4-6,9-12,14-15H,7-8,13H2,1-3H3. The second-order valence-corrected chi connectivity index (χ2v) is 7.76. The number of amides is 1. The first-order valence-electron chi connectivity index (χ1n) is 10.7. The largest absolute Gasteiger partial charge is 0.496 e. The summed E-state index contributed by atoms with van der Waals surface area (Å²) in [4.78, 5) is 32.7. The molecule has 1 fully saturated rings. The van der Waals surface area contributed by atoms with Crippen molar-refractivity contribution in [1.29, 1.82) is 0 Å². The second-order valence-electron chi connectivity index (χ2n) is 7.76. The van der Waals surface area contributed by atoms with Crippen LogP contribution < -0.4 is 9.47 Å². The maximum atomic E-state index is 14.7. The van der Waals surface area contributed by atoms with Gasteiger partial charge in [0.05, 0.1) is 38.7 Å². The van der Waals surface area contributed by atoms with E-state index in [4.69, 9.17) is 14.2 Å². The molecule has 0 saturated carbocycles. The Labute approximate surface area is 195 Å². The number of carbonyl (C=O) groups is 2. The molecule has 1 amide bonds. The topological polar surface area (TPSA) is 109 Å². The van der Waals surface area contributed by atoms with E-state index in [-0.39, 0.29) is 46.9 Å². The quantitative estimate of drug-likeness (QED) is 0.507. The van der Waals surface area contributed by atoms with Crippen molar-refractivity contribution in [2.45, 2.75) is 31.9 Å². The highest BCUT2D eigenvalue weighted by molar-refractivity contribution is 5.98. The second kappa shape index (κ2) is 9.86. The Bertz CT molecular complexity index is 1190. The fourth-order valence-electron chi connectivity index (χ4n) is 3.96. The lowest BCUT2D eigenvalue weighted by molar-refractivity contribution is 0.0357. The van der Waals surface area contributed by atoms with E-state index in [2.05, 4.69) is 15.2 Å². The molecule has 178 valence electrons. The molecule has 0 spiro atoms. The third-order valence-electron chi connectivity index (χ3n) is 5.70. The molecule has 0 N–H and O–H groups in total. The van der Waals surface area contributed by atoms with Gasteiger partial charge in [-0.15, -0.1) is 4.80 Å². The van der Waals surface area contributed by atoms with E-state index in [0.717, 1.165) is 4.80 Å². The first-order chi connectivity index (χ1) is 16.4. The number of likely N-dealkylation sites (tertiary alicyclic amines) is 1. The van der Waals surface area contributed by atoms with Crippen molar-refractivity contribution >= 4 is 11.9 Å². The molecule has 0 bridgehead atoms. The molecule has 1 saturated heterocycles. The van der Waals surface area contributed by atoms with E-state index in [0.29, 0.717) is 12.8 Å². The van der Waals surface area contributed by atoms with Crippen LogP contribution in [-0.2, 0) is 4.74 Å². The van der Waals surface area contributed by atoms with Crippen molar-refractivity contribution < 1.29 is 28.2 Å². The number of esters is 1. The number of halogens is 1. The van der Waals surface area contributed by atoms with Crippen LogP contribution in [0.25, 0.3) is 5.69 Å². The highest BCUT2D eigenvalue weighted by atomic mass is 19.1. The van der Waals surface area contributed by atoms with Crippen LogP contribution in [0, 0.1) is 5.82 Å². The molecule has 0 aliphatic carbocycles. The van der Waals surface area contributed by atoms with Gasteiger partial charge < -0.3 is 19.1 Å². The minimum Gasteiger partial charge on any atom is -0.496 e. The van der Waals surface area contributed by atoms with Gasteiger partial charge in [-0.05, 0) is 38.0 Å². The Balaban J connectivity index is 1.61. The molecule has 3 aromatic rings. The van der Waals surface area contributed by atoms with E-state index in [1.807, 2.05) is 6.92 Å². The number of carbonyl (C=O) groups excluding carboxylic acids is 2. The first-order valence-corrected chi connectivity index (χ1v) is 10.7. The monoisotopic (exact) mass is 469 g/mol. The maximum absolute atomic E-state index is 14.7. The number of piperidine rings is 1. The summed E-state index contributed by atoms with van der Waals surface area (Å²) in [5, 5.41) is 7.96. The molecule has 2 aromatic heterocycles. The maximum Gasteiger partial charge on any atom is 0.347 e. The molecule has 0 radical (unpaired) electrons. The van der Waals surface area contributed by atoms with Gasteiger partial charge in [-0.1, -0.05) is 6.07 Å². The Morgan fingerprint density at radius 2 is 1.85 bits per heavy atom. The molecule has 2 unspecified atom stereocenters. The lowest BCUT2D eigenvalue weighted by Gasteiger charge is -2.38. The summed E-state index contributed by atoms with van der Waals surface area (Å²) in [6.07, 6.45) is 5.09. The first kappa shape index (κ1) is 23.1. The summed E-state index contributed by atoms with van der Waals surface area (Å²) in [6.45, 7) is 2.13. The smallest absolute Gasteiger partial charge is 0.347 e. The third kappa shape index (κ3) is 4.41. The van der Waals surface area contributed by atoms with Gasteiger partial charge in [-0.2, -0.15) is 10.2 Å². The molecule has 1 aromatic carbocycles. The average Bonchev–Trinajstić information content (AvgIpc) is 3.38. The molecule has 3 heterocycles. The lowest BCUT2D eigenvalue weighted by Crippen LogP contribution is -2.49. The lowest BCUT2D eigenvalue weighted by atomic mass is 9.99. The van der Waals surface area contributed by atoms with Crippen LogP contribution in [-0.4, -0.2) is 69.7 Å². The molecule has 10 nitrogen and oxygen atoms in total. The number of ether oxygens (including phenoxy) is 3. The number of aromatic nitrogens is 4. The van der Waals surface area contributed by atoms with Crippen LogP contribution >= 0.6 is 0 Å².